The Labute approximate surface area is 206 Å². The van der Waals surface area contributed by atoms with Crippen LogP contribution in [0.2, 0.25) is 5.02 Å². The van der Waals surface area contributed by atoms with Gasteiger partial charge in [-0.15, -0.1) is 0 Å². The van der Waals surface area contributed by atoms with Gasteiger partial charge in [0.1, 0.15) is 0 Å². The second kappa shape index (κ2) is 8.64. The van der Waals surface area contributed by atoms with E-state index in [2.05, 4.69) is 5.16 Å². The van der Waals surface area contributed by atoms with Crippen molar-refractivity contribution in [2.45, 2.75) is 43.9 Å². The van der Waals surface area contributed by atoms with E-state index in [-0.39, 0.29) is 41.8 Å². The number of halogens is 8. The fourth-order valence-electron chi connectivity index (χ4n) is 4.27. The average Bonchev–Trinajstić information content (AvgIpc) is 3.22. The molecule has 4 rings (SSSR count). The summed E-state index contributed by atoms with van der Waals surface area (Å²) < 4.78 is 97.4. The van der Waals surface area contributed by atoms with E-state index in [0.29, 0.717) is 12.1 Å². The first kappa shape index (κ1) is 26.2. The van der Waals surface area contributed by atoms with Crippen molar-refractivity contribution < 1.29 is 40.4 Å². The summed E-state index contributed by atoms with van der Waals surface area (Å²) in [5, 5.41) is 2.99. The number of carbonyl (C=O) groups excluding carboxylic acids is 1. The Bertz CT molecular complexity index is 1200. The fraction of sp³-hybridized carbons (Fsp3) is 0.417. The molecule has 36 heavy (non-hydrogen) atoms. The maximum atomic E-state index is 15.2. The number of hydrogen-bond donors (Lipinski definition) is 0. The lowest BCUT2D eigenvalue weighted by Gasteiger charge is -2.45. The van der Waals surface area contributed by atoms with Crippen molar-refractivity contribution in [2.75, 3.05) is 13.1 Å². The van der Waals surface area contributed by atoms with Gasteiger partial charge in [-0.2, -0.15) is 26.3 Å². The summed E-state index contributed by atoms with van der Waals surface area (Å²) in [6, 6.07) is 7.10. The quantitative estimate of drug-likeness (QED) is 0.413. The molecule has 1 amide bonds. The van der Waals surface area contributed by atoms with Gasteiger partial charge < -0.3 is 9.74 Å². The molecule has 0 N–H and O–H groups in total. The van der Waals surface area contributed by atoms with E-state index in [9.17, 15) is 31.1 Å². The van der Waals surface area contributed by atoms with Crippen LogP contribution in [-0.2, 0) is 27.1 Å². The zero-order valence-electron chi connectivity index (χ0n) is 19.0. The normalized spacial score (nSPS) is 21.8. The number of amides is 1. The number of hydrogen-bond acceptors (Lipinski definition) is 3. The molecular formula is C24H20ClF7N2O2. The Morgan fingerprint density at radius 2 is 1.64 bits per heavy atom. The van der Waals surface area contributed by atoms with E-state index in [1.165, 1.54) is 29.2 Å². The van der Waals surface area contributed by atoms with Crippen LogP contribution in [0.1, 0.15) is 42.5 Å². The highest BCUT2D eigenvalue weighted by Crippen LogP contribution is 2.50. The Morgan fingerprint density at radius 3 is 2.17 bits per heavy atom. The minimum atomic E-state index is -5.13. The van der Waals surface area contributed by atoms with Gasteiger partial charge in [-0.3, -0.25) is 4.79 Å². The van der Waals surface area contributed by atoms with Gasteiger partial charge in [-0.05, 0) is 29.3 Å². The van der Waals surface area contributed by atoms with Gasteiger partial charge in [-0.25, -0.2) is 4.39 Å². The molecule has 2 aromatic carbocycles. The van der Waals surface area contributed by atoms with E-state index in [0.717, 1.165) is 6.07 Å². The third-order valence-electron chi connectivity index (χ3n) is 6.30. The summed E-state index contributed by atoms with van der Waals surface area (Å²) >= 11 is 5.71. The molecule has 1 saturated heterocycles. The van der Waals surface area contributed by atoms with Crippen molar-refractivity contribution in [2.24, 2.45) is 11.1 Å². The molecule has 0 saturated carbocycles. The Morgan fingerprint density at radius 1 is 1.03 bits per heavy atom. The van der Waals surface area contributed by atoms with E-state index >= 15 is 4.39 Å². The largest absolute Gasteiger partial charge is 0.435 e. The third-order valence-corrected chi connectivity index (χ3v) is 6.52. The van der Waals surface area contributed by atoms with Gasteiger partial charge in [0.15, 0.2) is 5.67 Å². The molecule has 2 aromatic rings. The molecule has 2 aliphatic heterocycles. The van der Waals surface area contributed by atoms with Gasteiger partial charge in [0.05, 0.1) is 24.4 Å². The van der Waals surface area contributed by atoms with Crippen LogP contribution in [0, 0.1) is 5.92 Å². The molecule has 194 valence electrons. The number of rotatable bonds is 4. The molecule has 4 nitrogen and oxygen atoms in total. The predicted octanol–water partition coefficient (Wildman–Crippen LogP) is 6.60. The Hall–Kier alpha value is -2.82. The van der Waals surface area contributed by atoms with Crippen LogP contribution < -0.4 is 0 Å². The molecule has 1 fully saturated rings. The molecule has 0 radical (unpaired) electrons. The molecule has 0 aliphatic carbocycles. The maximum Gasteiger partial charge on any atom is 0.435 e. The molecule has 2 heterocycles. The molecule has 1 unspecified atom stereocenters. The van der Waals surface area contributed by atoms with Crippen molar-refractivity contribution in [1.29, 1.82) is 0 Å². The highest BCUT2D eigenvalue weighted by molar-refractivity contribution is 6.30. The zero-order valence-corrected chi connectivity index (χ0v) is 19.7. The van der Waals surface area contributed by atoms with Crippen molar-refractivity contribution in [3.63, 3.8) is 0 Å². The lowest BCUT2D eigenvalue weighted by atomic mass is 9.84. The molecular weight excluding hydrogens is 517 g/mol. The lowest BCUT2D eigenvalue weighted by molar-refractivity contribution is -0.276. The minimum Gasteiger partial charge on any atom is -0.374 e. The van der Waals surface area contributed by atoms with Crippen LogP contribution in [0.15, 0.2) is 47.6 Å². The number of benzene rings is 2. The van der Waals surface area contributed by atoms with E-state index in [1.807, 2.05) is 0 Å². The second-order valence-corrected chi connectivity index (χ2v) is 9.69. The van der Waals surface area contributed by atoms with Gasteiger partial charge >= 0.3 is 12.4 Å². The molecule has 2 aliphatic rings. The number of oxime groups is 1. The Balaban J connectivity index is 1.58. The summed E-state index contributed by atoms with van der Waals surface area (Å²) in [5.74, 6) is -0.464. The molecule has 0 spiro atoms. The van der Waals surface area contributed by atoms with Crippen molar-refractivity contribution in [3.05, 3.63) is 69.7 Å². The molecule has 0 bridgehead atoms. The van der Waals surface area contributed by atoms with Gasteiger partial charge in [0, 0.05) is 22.9 Å². The first-order chi connectivity index (χ1) is 16.6. The molecule has 12 heteroatoms. The first-order valence-electron chi connectivity index (χ1n) is 10.8. The maximum absolute atomic E-state index is 15.2. The number of carbonyl (C=O) groups is 1. The molecule has 1 atom stereocenters. The van der Waals surface area contributed by atoms with Gasteiger partial charge in [0.2, 0.25) is 5.91 Å². The standard InChI is InChI=1S/C24H20ClF7N2O2/c1-13(2)20(35)34-11-21(26,12-34)15-5-3-14(4-6-15)19-10-22(36-33-19,24(30,31)32)16-7-17(23(27,28)29)9-18(25)8-16/h3-9,13H,10-12H2,1-2H3. The summed E-state index contributed by atoms with van der Waals surface area (Å²) in [5.41, 5.74) is -6.91. The summed E-state index contributed by atoms with van der Waals surface area (Å²) in [6.45, 7) is 3.13. The second-order valence-electron chi connectivity index (χ2n) is 9.25. The van der Waals surface area contributed by atoms with E-state index in [1.54, 1.807) is 13.8 Å². The van der Waals surface area contributed by atoms with E-state index < -0.39 is 46.2 Å². The van der Waals surface area contributed by atoms with Crippen molar-refractivity contribution in [1.82, 2.24) is 4.90 Å². The van der Waals surface area contributed by atoms with E-state index in [4.69, 9.17) is 16.4 Å². The SMILES string of the molecule is CC(C)C(=O)N1CC(F)(c2ccc(C3=NOC(c4cc(Cl)cc(C(F)(F)F)c4)(C(F)(F)F)C3)cc2)C1. The van der Waals surface area contributed by atoms with Gasteiger partial charge in [0.25, 0.3) is 5.60 Å². The molecule has 0 aromatic heterocycles. The smallest absolute Gasteiger partial charge is 0.374 e. The fourth-order valence-corrected chi connectivity index (χ4v) is 4.50. The minimum absolute atomic E-state index is 0.138. The van der Waals surface area contributed by atoms with Crippen LogP contribution in [0.25, 0.3) is 0 Å². The third kappa shape index (κ3) is 4.53. The van der Waals surface area contributed by atoms with Crippen LogP contribution >= 0.6 is 11.6 Å². The highest BCUT2D eigenvalue weighted by atomic mass is 35.5. The monoisotopic (exact) mass is 536 g/mol. The summed E-state index contributed by atoms with van der Waals surface area (Å²) in [7, 11) is 0. The van der Waals surface area contributed by atoms with Crippen LogP contribution in [0.3, 0.4) is 0 Å². The van der Waals surface area contributed by atoms with Gasteiger partial charge in [-0.1, -0.05) is 54.9 Å². The van der Waals surface area contributed by atoms with Crippen LogP contribution in [0.4, 0.5) is 30.7 Å². The first-order valence-corrected chi connectivity index (χ1v) is 11.2. The highest BCUT2D eigenvalue weighted by Gasteiger charge is 2.62. The summed E-state index contributed by atoms with van der Waals surface area (Å²) in [6.07, 6.45) is -11.0. The van der Waals surface area contributed by atoms with Crippen molar-refractivity contribution >= 4 is 23.2 Å². The van der Waals surface area contributed by atoms with Crippen LogP contribution in [0.5, 0.6) is 0 Å². The number of likely N-dealkylation sites (tertiary alicyclic amines) is 1. The number of nitrogens with zero attached hydrogens (tertiary/aromatic N) is 2. The lowest BCUT2D eigenvalue weighted by Crippen LogP contribution is -2.59. The summed E-state index contributed by atoms with van der Waals surface area (Å²) in [4.78, 5) is 18.2. The average molecular weight is 537 g/mol. The Kier molecular flexibility index (Phi) is 6.30. The zero-order chi connectivity index (χ0) is 26.7. The predicted molar refractivity (Wildman–Crippen MR) is 117 cm³/mol. The topological polar surface area (TPSA) is 41.9 Å². The number of alkyl halides is 7. The van der Waals surface area contributed by atoms with Crippen LogP contribution in [-0.4, -0.2) is 35.8 Å². The van der Waals surface area contributed by atoms with Crippen molar-refractivity contribution in [3.8, 4) is 0 Å².